The number of halogens is 3. The molecule has 0 spiro atoms. The lowest BCUT2D eigenvalue weighted by Gasteiger charge is -2.41. The lowest BCUT2D eigenvalue weighted by atomic mass is 10.1. The number of aromatic nitrogens is 1. The van der Waals surface area contributed by atoms with Crippen molar-refractivity contribution >= 4 is 17.8 Å². The van der Waals surface area contributed by atoms with E-state index in [9.17, 15) is 18.0 Å². The van der Waals surface area contributed by atoms with E-state index in [1.807, 2.05) is 6.07 Å². The first-order valence-corrected chi connectivity index (χ1v) is 8.14. The summed E-state index contributed by atoms with van der Waals surface area (Å²) in [6.45, 7) is 4.19. The van der Waals surface area contributed by atoms with Crippen LogP contribution in [0.4, 0.5) is 24.7 Å². The largest absolute Gasteiger partial charge is 0.573 e. The van der Waals surface area contributed by atoms with Gasteiger partial charge in [-0.2, -0.15) is 0 Å². The van der Waals surface area contributed by atoms with Crippen molar-refractivity contribution in [1.29, 1.82) is 0 Å². The van der Waals surface area contributed by atoms with Crippen molar-refractivity contribution in [2.75, 3.05) is 29.4 Å². The highest BCUT2D eigenvalue weighted by Crippen LogP contribution is 2.27. The first-order chi connectivity index (χ1) is 12.4. The second kappa shape index (κ2) is 7.23. The summed E-state index contributed by atoms with van der Waals surface area (Å²) >= 11 is 0. The van der Waals surface area contributed by atoms with Crippen molar-refractivity contribution in [1.82, 2.24) is 4.98 Å². The second-order valence-electron chi connectivity index (χ2n) is 6.10. The van der Waals surface area contributed by atoms with Gasteiger partial charge in [0.2, 0.25) is 0 Å². The smallest absolute Gasteiger partial charge is 0.406 e. The van der Waals surface area contributed by atoms with Crippen LogP contribution < -0.4 is 14.5 Å². The van der Waals surface area contributed by atoms with Crippen molar-refractivity contribution < 1.29 is 22.7 Å². The minimum absolute atomic E-state index is 0.157. The molecule has 8 heteroatoms. The lowest BCUT2D eigenvalue weighted by molar-refractivity contribution is -0.274. The zero-order valence-electron chi connectivity index (χ0n) is 14.1. The fourth-order valence-electron chi connectivity index (χ4n) is 3.03. The minimum Gasteiger partial charge on any atom is -0.406 e. The maximum atomic E-state index is 12.2. The SMILES string of the molecule is CC1CN(c2ccc(OC(F)(F)F)cc2)CCN1c1ccc(C=O)cn1. The predicted molar refractivity (Wildman–Crippen MR) is 91.8 cm³/mol. The van der Waals surface area contributed by atoms with Crippen molar-refractivity contribution in [3.63, 3.8) is 0 Å². The van der Waals surface area contributed by atoms with Crippen molar-refractivity contribution in [2.24, 2.45) is 0 Å². The van der Waals surface area contributed by atoms with Crippen LogP contribution in [-0.4, -0.2) is 43.3 Å². The Bertz CT molecular complexity index is 748. The van der Waals surface area contributed by atoms with Gasteiger partial charge in [-0.1, -0.05) is 0 Å². The number of pyridine rings is 1. The summed E-state index contributed by atoms with van der Waals surface area (Å²) in [5.41, 5.74) is 1.37. The van der Waals surface area contributed by atoms with E-state index in [0.717, 1.165) is 24.3 Å². The summed E-state index contributed by atoms with van der Waals surface area (Å²) in [6.07, 6.45) is -2.39. The van der Waals surface area contributed by atoms with Gasteiger partial charge >= 0.3 is 6.36 Å². The third-order valence-corrected chi connectivity index (χ3v) is 4.26. The van der Waals surface area contributed by atoms with Gasteiger partial charge in [-0.05, 0) is 43.3 Å². The Morgan fingerprint density at radius 3 is 2.42 bits per heavy atom. The first-order valence-electron chi connectivity index (χ1n) is 8.14. The van der Waals surface area contributed by atoms with Crippen LogP contribution >= 0.6 is 0 Å². The van der Waals surface area contributed by atoms with Gasteiger partial charge in [0.25, 0.3) is 0 Å². The van der Waals surface area contributed by atoms with E-state index >= 15 is 0 Å². The van der Waals surface area contributed by atoms with Gasteiger partial charge in [-0.3, -0.25) is 4.79 Å². The Kier molecular flexibility index (Phi) is 5.01. The molecular weight excluding hydrogens is 347 g/mol. The first kappa shape index (κ1) is 18.0. The molecule has 0 saturated carbocycles. The molecule has 0 aliphatic carbocycles. The molecule has 1 atom stereocenters. The highest BCUT2D eigenvalue weighted by molar-refractivity contribution is 5.74. The van der Waals surface area contributed by atoms with Crippen LogP contribution in [0.3, 0.4) is 0 Å². The molecule has 2 aromatic rings. The van der Waals surface area contributed by atoms with Crippen LogP contribution in [0, 0.1) is 0 Å². The van der Waals surface area contributed by atoms with Crippen LogP contribution in [0.25, 0.3) is 0 Å². The standard InChI is InChI=1S/C18H18F3N3O2/c1-13-11-23(15-3-5-16(6-4-15)26-18(19,20)21)8-9-24(13)17-7-2-14(12-25)10-22-17/h2-7,10,12-13H,8-9,11H2,1H3. The average Bonchev–Trinajstić information content (AvgIpc) is 2.61. The maximum absolute atomic E-state index is 12.2. The molecule has 1 aromatic carbocycles. The van der Waals surface area contributed by atoms with Crippen LogP contribution in [0.1, 0.15) is 17.3 Å². The van der Waals surface area contributed by atoms with Gasteiger partial charge in [0.05, 0.1) is 0 Å². The van der Waals surface area contributed by atoms with Gasteiger partial charge in [0.1, 0.15) is 11.6 Å². The highest BCUT2D eigenvalue weighted by Gasteiger charge is 2.31. The van der Waals surface area contributed by atoms with Gasteiger partial charge in [-0.15, -0.1) is 13.2 Å². The predicted octanol–water partition coefficient (Wildman–Crippen LogP) is 3.51. The molecule has 0 bridgehead atoms. The summed E-state index contributed by atoms with van der Waals surface area (Å²) < 4.78 is 40.6. The summed E-state index contributed by atoms with van der Waals surface area (Å²) in [7, 11) is 0. The van der Waals surface area contributed by atoms with Gasteiger partial charge in [0.15, 0.2) is 6.29 Å². The number of ether oxygens (including phenoxy) is 1. The molecular formula is C18H18F3N3O2. The zero-order valence-corrected chi connectivity index (χ0v) is 14.1. The molecule has 5 nitrogen and oxygen atoms in total. The Labute approximate surface area is 149 Å². The van der Waals surface area contributed by atoms with E-state index in [4.69, 9.17) is 0 Å². The number of nitrogens with zero attached hydrogens (tertiary/aromatic N) is 3. The van der Waals surface area contributed by atoms with Crippen molar-refractivity contribution in [3.8, 4) is 5.75 Å². The summed E-state index contributed by atoms with van der Waals surface area (Å²) in [5, 5.41) is 0. The number of anilines is 2. The molecule has 2 heterocycles. The third-order valence-electron chi connectivity index (χ3n) is 4.26. The lowest BCUT2D eigenvalue weighted by Crippen LogP contribution is -2.52. The number of alkyl halides is 3. The molecule has 1 unspecified atom stereocenters. The van der Waals surface area contributed by atoms with Gasteiger partial charge < -0.3 is 14.5 Å². The van der Waals surface area contributed by atoms with E-state index in [1.54, 1.807) is 24.4 Å². The molecule has 1 fully saturated rings. The molecule has 26 heavy (non-hydrogen) atoms. The molecule has 138 valence electrons. The van der Waals surface area contributed by atoms with Crippen LogP contribution in [0.2, 0.25) is 0 Å². The molecule has 3 rings (SSSR count). The third kappa shape index (κ3) is 4.25. The number of piperazine rings is 1. The van der Waals surface area contributed by atoms with Gasteiger partial charge in [-0.25, -0.2) is 4.98 Å². The summed E-state index contributed by atoms with van der Waals surface area (Å²) in [6, 6.07) is 9.59. The minimum atomic E-state index is -4.69. The highest BCUT2D eigenvalue weighted by atomic mass is 19.4. The number of hydrogen-bond donors (Lipinski definition) is 0. The molecule has 1 aliphatic heterocycles. The molecule has 0 N–H and O–H groups in total. The fourth-order valence-corrected chi connectivity index (χ4v) is 3.03. The number of carbonyl (C=O) groups is 1. The van der Waals surface area contributed by atoms with E-state index in [1.165, 1.54) is 12.1 Å². The van der Waals surface area contributed by atoms with Gasteiger partial charge in [0, 0.05) is 43.1 Å². The maximum Gasteiger partial charge on any atom is 0.573 e. The monoisotopic (exact) mass is 365 g/mol. The van der Waals surface area contributed by atoms with E-state index in [0.29, 0.717) is 18.7 Å². The fraction of sp³-hybridized carbons (Fsp3) is 0.333. The average molecular weight is 365 g/mol. The Hall–Kier alpha value is -2.77. The Morgan fingerprint density at radius 2 is 1.88 bits per heavy atom. The topological polar surface area (TPSA) is 45.7 Å². The van der Waals surface area contributed by atoms with Crippen LogP contribution in [-0.2, 0) is 0 Å². The van der Waals surface area contributed by atoms with Crippen LogP contribution in [0.5, 0.6) is 5.75 Å². The molecule has 0 amide bonds. The normalized spacial score (nSPS) is 17.9. The Morgan fingerprint density at radius 1 is 1.15 bits per heavy atom. The number of hydrogen-bond acceptors (Lipinski definition) is 5. The second-order valence-corrected chi connectivity index (χ2v) is 6.10. The number of rotatable bonds is 4. The number of aldehydes is 1. The molecule has 0 radical (unpaired) electrons. The number of benzene rings is 1. The van der Waals surface area contributed by atoms with E-state index < -0.39 is 6.36 Å². The molecule has 1 aliphatic rings. The molecule has 1 saturated heterocycles. The Balaban J connectivity index is 1.65. The van der Waals surface area contributed by atoms with E-state index in [2.05, 4.69) is 26.4 Å². The van der Waals surface area contributed by atoms with Crippen LogP contribution in [0.15, 0.2) is 42.6 Å². The number of carbonyl (C=O) groups excluding carboxylic acids is 1. The molecule has 1 aromatic heterocycles. The summed E-state index contributed by atoms with van der Waals surface area (Å²) in [5.74, 6) is 0.573. The van der Waals surface area contributed by atoms with Crippen molar-refractivity contribution in [3.05, 3.63) is 48.2 Å². The van der Waals surface area contributed by atoms with Crippen molar-refractivity contribution in [2.45, 2.75) is 19.3 Å². The zero-order chi connectivity index (χ0) is 18.7. The summed E-state index contributed by atoms with van der Waals surface area (Å²) in [4.78, 5) is 19.3. The quantitative estimate of drug-likeness (QED) is 0.776. The van der Waals surface area contributed by atoms with E-state index in [-0.39, 0.29) is 11.8 Å².